The predicted octanol–water partition coefficient (Wildman–Crippen LogP) is 6.05. The van der Waals surface area contributed by atoms with Gasteiger partial charge in [0.1, 0.15) is 0 Å². The number of hydrogen-bond donors (Lipinski definition) is 1. The summed E-state index contributed by atoms with van der Waals surface area (Å²) in [4.78, 5) is 33.3. The van der Waals surface area contributed by atoms with Gasteiger partial charge in [0.2, 0.25) is 0 Å². The van der Waals surface area contributed by atoms with E-state index in [2.05, 4.69) is 43.1 Å². The van der Waals surface area contributed by atoms with Crippen molar-refractivity contribution in [3.63, 3.8) is 0 Å². The Morgan fingerprint density at radius 2 is 1.67 bits per heavy atom. The number of Topliss-reactive ketones (excluding diaryl/α,β-unsaturated/α-hetero) is 1. The maximum Gasteiger partial charge on any atom is 0.293 e. The summed E-state index contributed by atoms with van der Waals surface area (Å²) in [7, 11) is 1.73. The molecular weight excluding hydrogens is 524 g/mol. The third kappa shape index (κ3) is 6.86. The van der Waals surface area contributed by atoms with Crippen molar-refractivity contribution >= 4 is 17.3 Å². The molecule has 0 spiro atoms. The first-order valence-corrected chi connectivity index (χ1v) is 14.5. The van der Waals surface area contributed by atoms with Crippen LogP contribution < -0.4 is 10.9 Å². The molecule has 4 aromatic rings. The second-order valence-corrected chi connectivity index (χ2v) is 12.1. The molecule has 2 heterocycles. The first kappa shape index (κ1) is 29.4. The lowest BCUT2D eigenvalue weighted by Crippen LogP contribution is -2.35. The monoisotopic (exact) mass is 564 g/mol. The lowest BCUT2D eigenvalue weighted by atomic mass is 9.86. The molecule has 1 aliphatic heterocycles. The van der Waals surface area contributed by atoms with E-state index in [1.54, 1.807) is 17.8 Å². The molecule has 1 N–H and O–H groups in total. The molecule has 218 valence electrons. The SMILES string of the molecule is Cc1c(CC(=O)c2ccc(C(C)(C)C)cc2)cccc1-c1cn(C)c(=O)c(Nc2ccc(CN3CCOCC3)cc2)n1. The van der Waals surface area contributed by atoms with Gasteiger partial charge >= 0.3 is 0 Å². The van der Waals surface area contributed by atoms with Gasteiger partial charge in [-0.15, -0.1) is 0 Å². The predicted molar refractivity (Wildman–Crippen MR) is 169 cm³/mol. The highest BCUT2D eigenvalue weighted by atomic mass is 16.5. The molecule has 1 fully saturated rings. The summed E-state index contributed by atoms with van der Waals surface area (Å²) in [6.07, 6.45) is 2.04. The summed E-state index contributed by atoms with van der Waals surface area (Å²) in [5.41, 5.74) is 7.23. The van der Waals surface area contributed by atoms with E-state index in [9.17, 15) is 9.59 Å². The highest BCUT2D eigenvalue weighted by Crippen LogP contribution is 2.27. The molecular formula is C35H40N4O3. The van der Waals surface area contributed by atoms with E-state index in [-0.39, 0.29) is 22.6 Å². The molecule has 1 aliphatic rings. The number of nitrogens with zero attached hydrogens (tertiary/aromatic N) is 3. The molecule has 7 heteroatoms. The van der Waals surface area contributed by atoms with Gasteiger partial charge in [-0.3, -0.25) is 14.5 Å². The molecule has 0 saturated carbocycles. The van der Waals surface area contributed by atoms with Crippen molar-refractivity contribution in [2.45, 2.75) is 46.1 Å². The number of hydrogen-bond acceptors (Lipinski definition) is 6. The third-order valence-corrected chi connectivity index (χ3v) is 7.94. The van der Waals surface area contributed by atoms with Crippen molar-refractivity contribution in [3.8, 4) is 11.3 Å². The van der Waals surface area contributed by atoms with Gasteiger partial charge in [0.25, 0.3) is 5.56 Å². The van der Waals surface area contributed by atoms with Crippen LogP contribution >= 0.6 is 0 Å². The van der Waals surface area contributed by atoms with E-state index < -0.39 is 0 Å². The van der Waals surface area contributed by atoms with Gasteiger partial charge in [0, 0.05) is 56.1 Å². The van der Waals surface area contributed by atoms with Gasteiger partial charge in [0.05, 0.1) is 18.9 Å². The Hall–Kier alpha value is -4.07. The summed E-state index contributed by atoms with van der Waals surface area (Å²) in [6, 6.07) is 22.0. The smallest absolute Gasteiger partial charge is 0.293 e. The Balaban J connectivity index is 1.34. The molecule has 0 radical (unpaired) electrons. The van der Waals surface area contributed by atoms with Crippen molar-refractivity contribution < 1.29 is 9.53 Å². The zero-order chi connectivity index (χ0) is 29.9. The fourth-order valence-corrected chi connectivity index (χ4v) is 5.25. The molecule has 0 unspecified atom stereocenters. The minimum atomic E-state index is -0.209. The van der Waals surface area contributed by atoms with Crippen LogP contribution in [0.5, 0.6) is 0 Å². The van der Waals surface area contributed by atoms with Crippen LogP contribution in [-0.2, 0) is 30.2 Å². The van der Waals surface area contributed by atoms with Crippen molar-refractivity contribution in [2.75, 3.05) is 31.6 Å². The summed E-state index contributed by atoms with van der Waals surface area (Å²) in [5, 5.41) is 3.22. The van der Waals surface area contributed by atoms with Crippen LogP contribution in [0.25, 0.3) is 11.3 Å². The Morgan fingerprint density at radius 1 is 0.976 bits per heavy atom. The Labute approximate surface area is 248 Å². The van der Waals surface area contributed by atoms with Crippen LogP contribution in [0.4, 0.5) is 11.5 Å². The quantitative estimate of drug-likeness (QED) is 0.263. The number of nitrogens with one attached hydrogen (secondary N) is 1. The number of rotatable bonds is 8. The van der Waals surface area contributed by atoms with Crippen LogP contribution in [0.15, 0.2) is 77.7 Å². The van der Waals surface area contributed by atoms with E-state index in [1.807, 2.05) is 61.5 Å². The topological polar surface area (TPSA) is 76.5 Å². The zero-order valence-electron chi connectivity index (χ0n) is 25.2. The van der Waals surface area contributed by atoms with Crippen LogP contribution in [-0.4, -0.2) is 46.5 Å². The molecule has 0 aliphatic carbocycles. The molecule has 0 amide bonds. The number of morpholine rings is 1. The van der Waals surface area contributed by atoms with Gasteiger partial charge in [-0.25, -0.2) is 4.98 Å². The highest BCUT2D eigenvalue weighted by molar-refractivity contribution is 5.98. The molecule has 42 heavy (non-hydrogen) atoms. The second kappa shape index (κ2) is 12.4. The van der Waals surface area contributed by atoms with Crippen molar-refractivity contribution in [3.05, 3.63) is 111 Å². The molecule has 0 bridgehead atoms. The maximum atomic E-state index is 13.2. The van der Waals surface area contributed by atoms with Crippen LogP contribution in [0.3, 0.4) is 0 Å². The molecule has 7 nitrogen and oxygen atoms in total. The fourth-order valence-electron chi connectivity index (χ4n) is 5.25. The van der Waals surface area contributed by atoms with Crippen LogP contribution in [0.2, 0.25) is 0 Å². The first-order valence-electron chi connectivity index (χ1n) is 14.5. The molecule has 1 saturated heterocycles. The lowest BCUT2D eigenvalue weighted by molar-refractivity contribution is 0.0342. The van der Waals surface area contributed by atoms with Gasteiger partial charge < -0.3 is 14.6 Å². The number of carbonyl (C=O) groups excluding carboxylic acids is 1. The first-order chi connectivity index (χ1) is 20.1. The van der Waals surface area contributed by atoms with Crippen molar-refractivity contribution in [1.29, 1.82) is 0 Å². The standard InChI is InChI=1S/C35H40N4O3/c1-24-27(21-32(40)26-11-13-28(14-12-26)35(2,3)4)7-6-8-30(24)31-23-38(5)34(41)33(37-31)36-29-15-9-25(10-16-29)22-39-17-19-42-20-18-39/h6-16,23H,17-22H2,1-5H3,(H,36,37). The Morgan fingerprint density at radius 3 is 2.33 bits per heavy atom. The van der Waals surface area contributed by atoms with E-state index in [0.29, 0.717) is 17.7 Å². The largest absolute Gasteiger partial charge is 0.379 e. The number of aromatic nitrogens is 2. The number of carbonyl (C=O) groups is 1. The van der Waals surface area contributed by atoms with E-state index >= 15 is 0 Å². The molecule has 1 aromatic heterocycles. The highest BCUT2D eigenvalue weighted by Gasteiger charge is 2.17. The Kier molecular flexibility index (Phi) is 8.71. The summed E-state index contributed by atoms with van der Waals surface area (Å²) in [6.45, 7) is 12.8. The van der Waals surface area contributed by atoms with E-state index in [1.165, 1.54) is 11.1 Å². The average molecular weight is 565 g/mol. The number of ketones is 1. The van der Waals surface area contributed by atoms with Crippen LogP contribution in [0.1, 0.15) is 53.4 Å². The number of anilines is 2. The number of benzene rings is 3. The number of aryl methyl sites for hydroxylation is 1. The van der Waals surface area contributed by atoms with Gasteiger partial charge in [0.15, 0.2) is 11.6 Å². The minimum absolute atomic E-state index is 0.0372. The molecule has 3 aromatic carbocycles. The van der Waals surface area contributed by atoms with Gasteiger partial charge in [-0.1, -0.05) is 75.4 Å². The zero-order valence-corrected chi connectivity index (χ0v) is 25.2. The summed E-state index contributed by atoms with van der Waals surface area (Å²) < 4.78 is 6.99. The Bertz CT molecular complexity index is 1610. The molecule has 0 atom stereocenters. The van der Waals surface area contributed by atoms with Gasteiger partial charge in [-0.2, -0.15) is 0 Å². The summed E-state index contributed by atoms with van der Waals surface area (Å²) in [5.74, 6) is 0.333. The minimum Gasteiger partial charge on any atom is -0.379 e. The van der Waals surface area contributed by atoms with E-state index in [0.717, 1.165) is 55.2 Å². The lowest BCUT2D eigenvalue weighted by Gasteiger charge is -2.26. The normalized spacial score (nSPS) is 14.1. The summed E-state index contributed by atoms with van der Waals surface area (Å²) >= 11 is 0. The van der Waals surface area contributed by atoms with Crippen molar-refractivity contribution in [1.82, 2.24) is 14.5 Å². The third-order valence-electron chi connectivity index (χ3n) is 7.94. The fraction of sp³-hybridized carbons (Fsp3) is 0.343. The maximum absolute atomic E-state index is 13.2. The average Bonchev–Trinajstić information content (AvgIpc) is 2.97. The number of ether oxygens (including phenoxy) is 1. The van der Waals surface area contributed by atoms with Crippen molar-refractivity contribution in [2.24, 2.45) is 7.05 Å². The van der Waals surface area contributed by atoms with E-state index in [4.69, 9.17) is 9.72 Å². The second-order valence-electron chi connectivity index (χ2n) is 12.1. The molecule has 5 rings (SSSR count). The van der Waals surface area contributed by atoms with Crippen LogP contribution in [0, 0.1) is 6.92 Å². The van der Waals surface area contributed by atoms with Gasteiger partial charge in [-0.05, 0) is 46.7 Å².